The molecule has 34 heavy (non-hydrogen) atoms. The van der Waals surface area contributed by atoms with Crippen molar-refractivity contribution in [3.8, 4) is 0 Å². The second-order valence-electron chi connectivity index (χ2n) is 9.60. The third-order valence-electron chi connectivity index (χ3n) is 6.88. The Balaban J connectivity index is 1.41. The van der Waals surface area contributed by atoms with Crippen molar-refractivity contribution >= 4 is 34.2 Å². The van der Waals surface area contributed by atoms with Gasteiger partial charge in [-0.05, 0) is 49.2 Å². The Morgan fingerprint density at radius 2 is 1.74 bits per heavy atom. The van der Waals surface area contributed by atoms with Gasteiger partial charge in [0.15, 0.2) is 0 Å². The summed E-state index contributed by atoms with van der Waals surface area (Å²) < 4.78 is 0. The van der Waals surface area contributed by atoms with Crippen molar-refractivity contribution in [2.75, 3.05) is 57.5 Å². The second-order valence-corrected chi connectivity index (χ2v) is 9.60. The maximum absolute atomic E-state index is 13.1. The molecule has 2 heterocycles. The van der Waals surface area contributed by atoms with E-state index in [-0.39, 0.29) is 23.7 Å². The maximum Gasteiger partial charge on any atom is 0.254 e. The smallest absolute Gasteiger partial charge is 0.254 e. The number of aromatic nitrogens is 1. The van der Waals surface area contributed by atoms with Gasteiger partial charge in [0.1, 0.15) is 5.82 Å². The molecule has 2 amide bonds. The van der Waals surface area contributed by atoms with Crippen LogP contribution in [0.25, 0.3) is 10.9 Å². The van der Waals surface area contributed by atoms with Gasteiger partial charge in [-0.25, -0.2) is 4.98 Å². The van der Waals surface area contributed by atoms with Gasteiger partial charge >= 0.3 is 0 Å². The predicted molar refractivity (Wildman–Crippen MR) is 135 cm³/mol. The summed E-state index contributed by atoms with van der Waals surface area (Å²) in [5.74, 6) is 1.04. The first-order chi connectivity index (χ1) is 16.4. The Labute approximate surface area is 200 Å². The number of benzene rings is 2. The Kier molecular flexibility index (Phi) is 5.96. The predicted octanol–water partition coefficient (Wildman–Crippen LogP) is 3.43. The van der Waals surface area contributed by atoms with Gasteiger partial charge in [-0.1, -0.05) is 30.3 Å². The number of rotatable bonds is 5. The van der Waals surface area contributed by atoms with Crippen LogP contribution in [0.3, 0.4) is 0 Å². The minimum Gasteiger partial charge on any atom is -0.354 e. The van der Waals surface area contributed by atoms with Crippen LogP contribution in [0.15, 0.2) is 54.6 Å². The van der Waals surface area contributed by atoms with E-state index < -0.39 is 0 Å². The number of carbonyl (C=O) groups is 2. The number of hydrogen-bond donors (Lipinski definition) is 1. The molecular weight excluding hydrogens is 426 g/mol. The third kappa shape index (κ3) is 4.48. The van der Waals surface area contributed by atoms with Crippen molar-refractivity contribution in [3.63, 3.8) is 0 Å². The SMILES string of the molecule is CN1CCN(c2cc(C(=O)N(C)C)c3cc(NC(=O)C4CC4c4ccccc4)ccc3n2)CC1. The van der Waals surface area contributed by atoms with Gasteiger partial charge in [0.05, 0.1) is 11.1 Å². The zero-order valence-corrected chi connectivity index (χ0v) is 20.0. The molecule has 2 atom stereocenters. The van der Waals surface area contributed by atoms with Crippen LogP contribution in [0.1, 0.15) is 28.3 Å². The van der Waals surface area contributed by atoms with Crippen LogP contribution < -0.4 is 10.2 Å². The van der Waals surface area contributed by atoms with Gasteiger partial charge in [0.25, 0.3) is 5.91 Å². The van der Waals surface area contributed by atoms with E-state index in [9.17, 15) is 9.59 Å². The lowest BCUT2D eigenvalue weighted by atomic mass is 10.1. The van der Waals surface area contributed by atoms with Gasteiger partial charge < -0.3 is 20.0 Å². The lowest BCUT2D eigenvalue weighted by Crippen LogP contribution is -2.44. The van der Waals surface area contributed by atoms with Crippen LogP contribution in [0.2, 0.25) is 0 Å². The molecule has 2 aromatic carbocycles. The molecule has 2 aliphatic rings. The second kappa shape index (κ2) is 9.06. The summed E-state index contributed by atoms with van der Waals surface area (Å²) in [5, 5.41) is 3.82. The van der Waals surface area contributed by atoms with Crippen LogP contribution in [0.4, 0.5) is 11.5 Å². The lowest BCUT2D eigenvalue weighted by molar-refractivity contribution is -0.117. The van der Waals surface area contributed by atoms with E-state index in [0.29, 0.717) is 11.3 Å². The van der Waals surface area contributed by atoms with E-state index in [0.717, 1.165) is 49.3 Å². The minimum atomic E-state index is -0.0717. The molecule has 3 aromatic rings. The Bertz CT molecular complexity index is 1220. The summed E-state index contributed by atoms with van der Waals surface area (Å²) in [6.07, 6.45) is 0.865. The highest BCUT2D eigenvalue weighted by atomic mass is 16.2. The Hall–Kier alpha value is -3.45. The van der Waals surface area contributed by atoms with Gasteiger partial charge in [0, 0.05) is 57.3 Å². The monoisotopic (exact) mass is 457 g/mol. The van der Waals surface area contributed by atoms with Crippen molar-refractivity contribution in [1.82, 2.24) is 14.8 Å². The average Bonchev–Trinajstić information content (AvgIpc) is 3.65. The van der Waals surface area contributed by atoms with Gasteiger partial charge in [0.2, 0.25) is 5.91 Å². The van der Waals surface area contributed by atoms with Crippen molar-refractivity contribution in [1.29, 1.82) is 0 Å². The van der Waals surface area contributed by atoms with Crippen molar-refractivity contribution < 1.29 is 9.59 Å². The molecule has 1 aliphatic heterocycles. The summed E-state index contributed by atoms with van der Waals surface area (Å²) in [7, 11) is 5.63. The van der Waals surface area contributed by atoms with E-state index in [4.69, 9.17) is 4.98 Å². The van der Waals surface area contributed by atoms with Gasteiger partial charge in [-0.3, -0.25) is 9.59 Å². The molecule has 176 valence electrons. The fraction of sp³-hybridized carbons (Fsp3) is 0.370. The number of nitrogens with one attached hydrogen (secondary N) is 1. The molecule has 7 nitrogen and oxygen atoms in total. The van der Waals surface area contributed by atoms with Crippen LogP contribution >= 0.6 is 0 Å². The number of fused-ring (bicyclic) bond motifs is 1. The largest absolute Gasteiger partial charge is 0.354 e. The lowest BCUT2D eigenvalue weighted by Gasteiger charge is -2.33. The standard InChI is InChI=1S/C27H31N5O2/c1-30(2)27(34)23-17-25(32-13-11-31(3)12-14-32)29-24-10-9-19(15-21(23)24)28-26(33)22-16-20(22)18-7-5-4-6-8-18/h4-10,15,17,20,22H,11-14,16H2,1-3H3,(H,28,33). The summed E-state index contributed by atoms with van der Waals surface area (Å²) in [6, 6.07) is 17.7. The zero-order chi connectivity index (χ0) is 23.8. The molecule has 2 unspecified atom stereocenters. The highest BCUT2D eigenvalue weighted by Gasteiger charge is 2.43. The molecule has 1 saturated heterocycles. The molecule has 0 spiro atoms. The van der Waals surface area contributed by atoms with Crippen molar-refractivity contribution in [2.24, 2.45) is 5.92 Å². The highest BCUT2D eigenvalue weighted by molar-refractivity contribution is 6.08. The van der Waals surface area contributed by atoms with E-state index in [1.54, 1.807) is 19.0 Å². The number of amides is 2. The van der Waals surface area contributed by atoms with Crippen LogP contribution in [-0.2, 0) is 4.79 Å². The molecular formula is C27H31N5O2. The zero-order valence-electron chi connectivity index (χ0n) is 20.0. The number of nitrogens with zero attached hydrogens (tertiary/aromatic N) is 4. The summed E-state index contributed by atoms with van der Waals surface area (Å²) in [4.78, 5) is 37.0. The fourth-order valence-electron chi connectivity index (χ4n) is 4.69. The quantitative estimate of drug-likeness (QED) is 0.636. The number of piperazine rings is 1. The molecule has 1 saturated carbocycles. The molecule has 1 aromatic heterocycles. The minimum absolute atomic E-state index is 0.0151. The van der Waals surface area contributed by atoms with E-state index in [2.05, 4.69) is 34.3 Å². The van der Waals surface area contributed by atoms with Crippen molar-refractivity contribution in [2.45, 2.75) is 12.3 Å². The Morgan fingerprint density at radius 3 is 2.44 bits per heavy atom. The highest BCUT2D eigenvalue weighted by Crippen LogP contribution is 2.48. The summed E-state index contributed by atoms with van der Waals surface area (Å²) in [6.45, 7) is 3.69. The molecule has 7 heteroatoms. The fourth-order valence-corrected chi connectivity index (χ4v) is 4.69. The first-order valence-corrected chi connectivity index (χ1v) is 11.9. The Morgan fingerprint density at radius 1 is 1.00 bits per heavy atom. The van der Waals surface area contributed by atoms with Crippen LogP contribution in [0, 0.1) is 5.92 Å². The van der Waals surface area contributed by atoms with Gasteiger partial charge in [-0.2, -0.15) is 0 Å². The van der Waals surface area contributed by atoms with Crippen molar-refractivity contribution in [3.05, 3.63) is 65.7 Å². The number of likely N-dealkylation sites (N-methyl/N-ethyl adjacent to an activating group) is 1. The number of carbonyl (C=O) groups excluding carboxylic acids is 2. The normalized spacial score (nSPS) is 20.3. The molecule has 1 aliphatic carbocycles. The first-order valence-electron chi connectivity index (χ1n) is 11.9. The molecule has 5 rings (SSSR count). The van der Waals surface area contributed by atoms with Crippen LogP contribution in [0.5, 0.6) is 0 Å². The number of pyridine rings is 1. The molecule has 1 N–H and O–H groups in total. The molecule has 0 bridgehead atoms. The number of anilines is 2. The first kappa shape index (κ1) is 22.3. The van der Waals surface area contributed by atoms with Gasteiger partial charge in [-0.15, -0.1) is 0 Å². The van der Waals surface area contributed by atoms with E-state index >= 15 is 0 Å². The van der Waals surface area contributed by atoms with Crippen LogP contribution in [-0.4, -0.2) is 73.9 Å². The average molecular weight is 458 g/mol. The van der Waals surface area contributed by atoms with E-state index in [1.165, 1.54) is 5.56 Å². The molecule has 2 fully saturated rings. The maximum atomic E-state index is 13.1. The topological polar surface area (TPSA) is 68.8 Å². The van der Waals surface area contributed by atoms with E-state index in [1.807, 2.05) is 42.5 Å². The molecule has 0 radical (unpaired) electrons. The summed E-state index contributed by atoms with van der Waals surface area (Å²) in [5.41, 5.74) is 3.26. The third-order valence-corrected chi connectivity index (χ3v) is 6.88. The number of hydrogen-bond acceptors (Lipinski definition) is 5. The summed E-state index contributed by atoms with van der Waals surface area (Å²) >= 11 is 0.